The Balaban J connectivity index is 1.51. The lowest BCUT2D eigenvalue weighted by molar-refractivity contribution is 0.00166. The number of ether oxygens (including phenoxy) is 3. The number of nitrogens with one attached hydrogen (secondary N) is 1. The van der Waals surface area contributed by atoms with Gasteiger partial charge in [0.1, 0.15) is 5.75 Å². The molecule has 10 heteroatoms. The van der Waals surface area contributed by atoms with Gasteiger partial charge in [-0.05, 0) is 37.5 Å². The smallest absolute Gasteiger partial charge is 0.255 e. The monoisotopic (exact) mass is 495 g/mol. The van der Waals surface area contributed by atoms with Crippen LogP contribution >= 0.6 is 0 Å². The Hall–Kier alpha value is -1.72. The molecule has 34 heavy (non-hydrogen) atoms. The third-order valence-electron chi connectivity index (χ3n) is 7.11. The molecule has 1 amide bonds. The Bertz CT molecular complexity index is 921. The first-order chi connectivity index (χ1) is 16.5. The van der Waals surface area contributed by atoms with Crippen molar-refractivity contribution in [1.29, 1.82) is 0 Å². The van der Waals surface area contributed by atoms with Crippen LogP contribution in [-0.2, 0) is 19.5 Å². The van der Waals surface area contributed by atoms with Crippen LogP contribution in [0.3, 0.4) is 0 Å². The van der Waals surface area contributed by atoms with Crippen LogP contribution in [0.1, 0.15) is 42.5 Å². The number of benzene rings is 1. The van der Waals surface area contributed by atoms with Crippen LogP contribution < -0.4 is 10.1 Å². The van der Waals surface area contributed by atoms with Crippen LogP contribution in [0, 0.1) is 5.92 Å². The zero-order chi connectivity index (χ0) is 24.0. The number of methoxy groups -OCH3 is 1. The number of nitrogens with zero attached hydrogens (tertiary/aromatic N) is 2. The predicted molar refractivity (Wildman–Crippen MR) is 128 cm³/mol. The molecule has 2 atom stereocenters. The van der Waals surface area contributed by atoms with E-state index in [1.54, 1.807) is 6.07 Å². The average molecular weight is 496 g/mol. The summed E-state index contributed by atoms with van der Waals surface area (Å²) in [6.07, 6.45) is 4.76. The van der Waals surface area contributed by atoms with Gasteiger partial charge in [-0.25, -0.2) is 8.42 Å². The van der Waals surface area contributed by atoms with Gasteiger partial charge < -0.3 is 19.5 Å². The third kappa shape index (κ3) is 5.91. The number of morpholine rings is 1. The molecular weight excluding hydrogens is 458 g/mol. The predicted octanol–water partition coefficient (Wildman–Crippen LogP) is 1.73. The average Bonchev–Trinajstić information content (AvgIpc) is 3.24. The maximum absolute atomic E-state index is 13.3. The number of carbonyl (C=O) groups excluding carboxylic acids is 1. The number of rotatable bonds is 8. The van der Waals surface area contributed by atoms with Crippen molar-refractivity contribution in [1.82, 2.24) is 14.5 Å². The Morgan fingerprint density at radius 2 is 1.82 bits per heavy atom. The molecule has 0 spiro atoms. The molecule has 1 aromatic rings. The lowest BCUT2D eigenvalue weighted by Crippen LogP contribution is -2.52. The molecule has 9 nitrogen and oxygen atoms in total. The topological polar surface area (TPSA) is 97.4 Å². The minimum atomic E-state index is -3.67. The van der Waals surface area contributed by atoms with Gasteiger partial charge >= 0.3 is 0 Å². The summed E-state index contributed by atoms with van der Waals surface area (Å²) in [6, 6.07) is 4.70. The normalized spacial score (nSPS) is 23.9. The SMILES string of the molecule is COc1ccc(S(=O)(=O)N2CCCCCC2)cc1C(=O)NCC(C1CCOC1)N1CCOCC1. The van der Waals surface area contributed by atoms with Gasteiger partial charge in [-0.1, -0.05) is 12.8 Å². The summed E-state index contributed by atoms with van der Waals surface area (Å²) in [5.74, 6) is 0.372. The van der Waals surface area contributed by atoms with Gasteiger partial charge in [0.25, 0.3) is 5.91 Å². The first-order valence-electron chi connectivity index (χ1n) is 12.4. The minimum absolute atomic E-state index is 0.134. The number of amides is 1. The van der Waals surface area contributed by atoms with Gasteiger partial charge in [-0.2, -0.15) is 4.31 Å². The third-order valence-corrected chi connectivity index (χ3v) is 9.01. The van der Waals surface area contributed by atoms with E-state index in [9.17, 15) is 13.2 Å². The molecule has 0 saturated carbocycles. The van der Waals surface area contributed by atoms with E-state index >= 15 is 0 Å². The van der Waals surface area contributed by atoms with Crippen molar-refractivity contribution in [3.8, 4) is 5.75 Å². The summed E-state index contributed by atoms with van der Waals surface area (Å²) in [4.78, 5) is 15.8. The van der Waals surface area contributed by atoms with Crippen LogP contribution in [0.5, 0.6) is 5.75 Å². The fourth-order valence-electron chi connectivity index (χ4n) is 5.11. The van der Waals surface area contributed by atoms with Crippen molar-refractivity contribution in [2.24, 2.45) is 5.92 Å². The number of sulfonamides is 1. The molecule has 0 aromatic heterocycles. The van der Waals surface area contributed by atoms with E-state index < -0.39 is 10.0 Å². The maximum Gasteiger partial charge on any atom is 0.255 e. The number of carbonyl (C=O) groups is 1. The van der Waals surface area contributed by atoms with E-state index in [1.165, 1.54) is 23.5 Å². The van der Waals surface area contributed by atoms with E-state index in [4.69, 9.17) is 14.2 Å². The van der Waals surface area contributed by atoms with Crippen LogP contribution in [0.25, 0.3) is 0 Å². The summed E-state index contributed by atoms with van der Waals surface area (Å²) in [7, 11) is -2.18. The molecule has 2 unspecified atom stereocenters. The Labute approximate surface area is 202 Å². The molecular formula is C24H37N3O6S. The standard InChI is InChI=1S/C24H37N3O6S/c1-31-23-7-6-20(34(29,30)27-9-4-2-3-5-10-27)16-21(23)24(28)25-17-22(19-8-13-33-18-19)26-11-14-32-15-12-26/h6-7,16,19,22H,2-5,8-15,17-18H2,1H3,(H,25,28). The largest absolute Gasteiger partial charge is 0.496 e. The second-order valence-electron chi connectivity index (χ2n) is 9.23. The second kappa shape index (κ2) is 11.8. The van der Waals surface area contributed by atoms with Crippen LogP contribution in [0.2, 0.25) is 0 Å². The maximum atomic E-state index is 13.3. The molecule has 1 aromatic carbocycles. The van der Waals surface area contributed by atoms with E-state index in [2.05, 4.69) is 10.2 Å². The number of hydrogen-bond donors (Lipinski definition) is 1. The highest BCUT2D eigenvalue weighted by atomic mass is 32.2. The summed E-state index contributed by atoms with van der Waals surface area (Å²) < 4.78 is 44.6. The van der Waals surface area contributed by atoms with Crippen molar-refractivity contribution in [2.75, 3.05) is 66.3 Å². The summed E-state index contributed by atoms with van der Waals surface area (Å²) >= 11 is 0. The molecule has 0 aliphatic carbocycles. The Kier molecular flexibility index (Phi) is 8.81. The Morgan fingerprint density at radius 3 is 2.47 bits per heavy atom. The van der Waals surface area contributed by atoms with Crippen molar-refractivity contribution >= 4 is 15.9 Å². The number of hydrogen-bond acceptors (Lipinski definition) is 7. The summed E-state index contributed by atoms with van der Waals surface area (Å²) in [6.45, 7) is 5.92. The lowest BCUT2D eigenvalue weighted by atomic mass is 9.96. The van der Waals surface area contributed by atoms with Crippen molar-refractivity contribution in [3.05, 3.63) is 23.8 Å². The quantitative estimate of drug-likeness (QED) is 0.587. The van der Waals surface area contributed by atoms with Crippen molar-refractivity contribution in [3.63, 3.8) is 0 Å². The van der Waals surface area contributed by atoms with Gasteiger partial charge in [-0.3, -0.25) is 9.69 Å². The molecule has 1 N–H and O–H groups in total. The minimum Gasteiger partial charge on any atom is -0.496 e. The van der Waals surface area contributed by atoms with E-state index in [0.717, 1.165) is 51.8 Å². The van der Waals surface area contributed by atoms with Gasteiger partial charge in [0, 0.05) is 51.3 Å². The first-order valence-corrected chi connectivity index (χ1v) is 13.8. The van der Waals surface area contributed by atoms with E-state index in [0.29, 0.717) is 51.1 Å². The molecule has 3 heterocycles. The van der Waals surface area contributed by atoms with E-state index in [1.807, 2.05) is 0 Å². The zero-order valence-corrected chi connectivity index (χ0v) is 20.9. The molecule has 0 radical (unpaired) electrons. The Morgan fingerprint density at radius 1 is 1.09 bits per heavy atom. The molecule has 0 bridgehead atoms. The molecule has 3 saturated heterocycles. The van der Waals surface area contributed by atoms with Crippen LogP contribution in [-0.4, -0.2) is 95.8 Å². The summed E-state index contributed by atoms with van der Waals surface area (Å²) in [5.41, 5.74) is 0.238. The highest BCUT2D eigenvalue weighted by molar-refractivity contribution is 7.89. The fraction of sp³-hybridized carbons (Fsp3) is 0.708. The first kappa shape index (κ1) is 25.4. The molecule has 4 rings (SSSR count). The van der Waals surface area contributed by atoms with Crippen molar-refractivity contribution < 1.29 is 27.4 Å². The van der Waals surface area contributed by atoms with Crippen molar-refractivity contribution in [2.45, 2.75) is 43.0 Å². The summed E-state index contributed by atoms with van der Waals surface area (Å²) in [5, 5.41) is 3.05. The van der Waals surface area contributed by atoms with Gasteiger partial charge in [-0.15, -0.1) is 0 Å². The molecule has 190 valence electrons. The molecule has 3 aliphatic rings. The van der Waals surface area contributed by atoms with Gasteiger partial charge in [0.05, 0.1) is 37.4 Å². The van der Waals surface area contributed by atoms with Crippen LogP contribution in [0.15, 0.2) is 23.1 Å². The molecule has 3 fully saturated rings. The van der Waals surface area contributed by atoms with Gasteiger partial charge in [0.2, 0.25) is 10.0 Å². The van der Waals surface area contributed by atoms with Crippen LogP contribution in [0.4, 0.5) is 0 Å². The van der Waals surface area contributed by atoms with E-state index in [-0.39, 0.29) is 22.4 Å². The highest BCUT2D eigenvalue weighted by Crippen LogP contribution is 2.27. The van der Waals surface area contributed by atoms with Gasteiger partial charge in [0.15, 0.2) is 0 Å². The lowest BCUT2D eigenvalue weighted by Gasteiger charge is -2.37. The second-order valence-corrected chi connectivity index (χ2v) is 11.2. The zero-order valence-electron chi connectivity index (χ0n) is 20.0. The highest BCUT2D eigenvalue weighted by Gasteiger charge is 2.32. The molecule has 3 aliphatic heterocycles. The fourth-order valence-corrected chi connectivity index (χ4v) is 6.65.